The minimum Gasteiger partial charge on any atom is -0.379 e. The van der Waals surface area contributed by atoms with Gasteiger partial charge in [0.1, 0.15) is 5.82 Å². The molecular formula is C18H26N4O. The van der Waals surface area contributed by atoms with Gasteiger partial charge in [0.2, 0.25) is 0 Å². The van der Waals surface area contributed by atoms with Crippen LogP contribution in [0.5, 0.6) is 0 Å². The van der Waals surface area contributed by atoms with Gasteiger partial charge in [0.25, 0.3) is 0 Å². The average molecular weight is 314 g/mol. The molecule has 1 saturated heterocycles. The number of morpholine rings is 1. The quantitative estimate of drug-likeness (QED) is 0.945. The summed E-state index contributed by atoms with van der Waals surface area (Å²) in [5.74, 6) is 1.68. The average Bonchev–Trinajstić information content (AvgIpc) is 3.05. The largest absolute Gasteiger partial charge is 0.379 e. The van der Waals surface area contributed by atoms with E-state index in [2.05, 4.69) is 72.0 Å². The number of nitrogens with one attached hydrogen (secondary N) is 1. The van der Waals surface area contributed by atoms with E-state index in [1.807, 2.05) is 0 Å². The zero-order chi connectivity index (χ0) is 16.4. The van der Waals surface area contributed by atoms with E-state index in [9.17, 15) is 0 Å². The van der Waals surface area contributed by atoms with E-state index in [0.717, 1.165) is 43.5 Å². The van der Waals surface area contributed by atoms with Crippen LogP contribution in [0.2, 0.25) is 0 Å². The number of H-pyrrole nitrogens is 1. The maximum Gasteiger partial charge on any atom is 0.181 e. The molecule has 2 aromatic rings. The Hall–Kier alpha value is -1.72. The number of hydrogen-bond donors (Lipinski definition) is 1. The molecule has 1 atom stereocenters. The van der Waals surface area contributed by atoms with Crippen LogP contribution >= 0.6 is 0 Å². The molecule has 3 rings (SSSR count). The van der Waals surface area contributed by atoms with Crippen molar-refractivity contribution in [1.82, 2.24) is 20.1 Å². The van der Waals surface area contributed by atoms with Crippen molar-refractivity contribution in [2.24, 2.45) is 0 Å². The fraction of sp³-hybridized carbons (Fsp3) is 0.556. The van der Waals surface area contributed by atoms with Crippen molar-refractivity contribution in [1.29, 1.82) is 0 Å². The highest BCUT2D eigenvalue weighted by atomic mass is 16.5. The van der Waals surface area contributed by atoms with Crippen LogP contribution in [0.15, 0.2) is 24.3 Å². The molecule has 23 heavy (non-hydrogen) atoms. The van der Waals surface area contributed by atoms with Gasteiger partial charge in [-0.25, -0.2) is 4.98 Å². The van der Waals surface area contributed by atoms with E-state index in [1.165, 1.54) is 5.56 Å². The summed E-state index contributed by atoms with van der Waals surface area (Å²) in [6, 6.07) is 9.00. The molecule has 0 aliphatic carbocycles. The molecule has 0 unspecified atom stereocenters. The SMILES string of the molecule is C[C@@H](c1ccc(-c2n[nH]c(C(C)(C)C)n2)cc1)N1CCOCC1. The standard InChI is InChI=1S/C18H26N4O/c1-13(22-9-11-23-12-10-22)14-5-7-15(8-6-14)16-19-17(21-20-16)18(2,3)4/h5-8,13H,9-12H2,1-4H3,(H,19,20,21)/t13-/m0/s1. The lowest BCUT2D eigenvalue weighted by Gasteiger charge is -2.32. The van der Waals surface area contributed by atoms with Crippen molar-refractivity contribution in [3.8, 4) is 11.4 Å². The third-order valence-electron chi connectivity index (χ3n) is 4.44. The van der Waals surface area contributed by atoms with Crippen LogP contribution in [0, 0.1) is 0 Å². The predicted molar refractivity (Wildman–Crippen MR) is 91.3 cm³/mol. The van der Waals surface area contributed by atoms with Crippen LogP contribution in [0.4, 0.5) is 0 Å². The minimum atomic E-state index is -0.0178. The summed E-state index contributed by atoms with van der Waals surface area (Å²) in [5.41, 5.74) is 2.35. The Morgan fingerprint density at radius 2 is 1.78 bits per heavy atom. The van der Waals surface area contributed by atoms with E-state index in [-0.39, 0.29) is 5.41 Å². The van der Waals surface area contributed by atoms with Crippen molar-refractivity contribution < 1.29 is 4.74 Å². The van der Waals surface area contributed by atoms with Crippen molar-refractivity contribution >= 4 is 0 Å². The number of ether oxygens (including phenoxy) is 1. The molecule has 2 heterocycles. The smallest absolute Gasteiger partial charge is 0.181 e. The molecule has 0 saturated carbocycles. The Balaban J connectivity index is 1.75. The Morgan fingerprint density at radius 1 is 1.13 bits per heavy atom. The van der Waals surface area contributed by atoms with Crippen molar-refractivity contribution in [3.05, 3.63) is 35.7 Å². The van der Waals surface area contributed by atoms with Gasteiger partial charge in [0.15, 0.2) is 5.82 Å². The maximum atomic E-state index is 5.43. The van der Waals surface area contributed by atoms with E-state index in [0.29, 0.717) is 6.04 Å². The lowest BCUT2D eigenvalue weighted by Crippen LogP contribution is -2.37. The lowest BCUT2D eigenvalue weighted by atomic mass is 9.96. The summed E-state index contributed by atoms with van der Waals surface area (Å²) in [6.45, 7) is 12.3. The Bertz CT molecular complexity index is 636. The third-order valence-corrected chi connectivity index (χ3v) is 4.44. The molecule has 124 valence electrons. The first kappa shape index (κ1) is 16.1. The van der Waals surface area contributed by atoms with Gasteiger partial charge < -0.3 is 4.74 Å². The monoisotopic (exact) mass is 314 g/mol. The first-order valence-corrected chi connectivity index (χ1v) is 8.30. The van der Waals surface area contributed by atoms with Crippen LogP contribution in [0.25, 0.3) is 11.4 Å². The third kappa shape index (κ3) is 3.62. The maximum absolute atomic E-state index is 5.43. The summed E-state index contributed by atoms with van der Waals surface area (Å²) < 4.78 is 5.43. The highest BCUT2D eigenvalue weighted by molar-refractivity contribution is 5.55. The molecule has 0 amide bonds. The first-order chi connectivity index (χ1) is 10.9. The van der Waals surface area contributed by atoms with Crippen LogP contribution < -0.4 is 0 Å². The van der Waals surface area contributed by atoms with Crippen molar-refractivity contribution in [2.75, 3.05) is 26.3 Å². The predicted octanol–water partition coefficient (Wildman–Crippen LogP) is 3.16. The molecule has 1 aliphatic heterocycles. The van der Waals surface area contributed by atoms with E-state index < -0.39 is 0 Å². The molecule has 1 N–H and O–H groups in total. The van der Waals surface area contributed by atoms with Gasteiger partial charge in [-0.15, -0.1) is 0 Å². The molecule has 1 fully saturated rings. The van der Waals surface area contributed by atoms with E-state index in [4.69, 9.17) is 4.74 Å². The zero-order valence-electron chi connectivity index (χ0n) is 14.5. The first-order valence-electron chi connectivity index (χ1n) is 8.30. The molecule has 1 aromatic carbocycles. The van der Waals surface area contributed by atoms with Crippen molar-refractivity contribution in [3.63, 3.8) is 0 Å². The molecular weight excluding hydrogens is 288 g/mol. The normalized spacial score (nSPS) is 18.1. The highest BCUT2D eigenvalue weighted by Crippen LogP contribution is 2.25. The van der Waals surface area contributed by atoms with Gasteiger partial charge in [-0.2, -0.15) is 5.10 Å². The van der Waals surface area contributed by atoms with Crippen LogP contribution in [-0.2, 0) is 10.2 Å². The molecule has 1 aliphatic rings. The van der Waals surface area contributed by atoms with Gasteiger partial charge >= 0.3 is 0 Å². The molecule has 0 radical (unpaired) electrons. The van der Waals surface area contributed by atoms with Gasteiger partial charge in [-0.3, -0.25) is 10.00 Å². The lowest BCUT2D eigenvalue weighted by molar-refractivity contribution is 0.0198. The Kier molecular flexibility index (Phi) is 4.50. The molecule has 5 nitrogen and oxygen atoms in total. The highest BCUT2D eigenvalue weighted by Gasteiger charge is 2.20. The summed E-state index contributed by atoms with van der Waals surface area (Å²) >= 11 is 0. The van der Waals surface area contributed by atoms with Gasteiger partial charge in [-0.1, -0.05) is 45.0 Å². The molecule has 1 aromatic heterocycles. The summed E-state index contributed by atoms with van der Waals surface area (Å²) in [5, 5.41) is 7.40. The fourth-order valence-electron chi connectivity index (χ4n) is 2.81. The Morgan fingerprint density at radius 3 is 2.35 bits per heavy atom. The second-order valence-corrected chi connectivity index (χ2v) is 7.20. The number of rotatable bonds is 3. The van der Waals surface area contributed by atoms with Gasteiger partial charge in [0.05, 0.1) is 13.2 Å². The number of hydrogen-bond acceptors (Lipinski definition) is 4. The van der Waals surface area contributed by atoms with Gasteiger partial charge in [0, 0.05) is 30.1 Å². The van der Waals surface area contributed by atoms with Crippen LogP contribution in [-0.4, -0.2) is 46.4 Å². The zero-order valence-corrected chi connectivity index (χ0v) is 14.5. The molecule has 5 heteroatoms. The summed E-state index contributed by atoms with van der Waals surface area (Å²) in [7, 11) is 0. The molecule has 0 bridgehead atoms. The minimum absolute atomic E-state index is 0.0178. The second kappa shape index (κ2) is 6.42. The van der Waals surface area contributed by atoms with Crippen LogP contribution in [0.3, 0.4) is 0 Å². The second-order valence-electron chi connectivity index (χ2n) is 7.20. The van der Waals surface area contributed by atoms with E-state index in [1.54, 1.807) is 0 Å². The summed E-state index contributed by atoms with van der Waals surface area (Å²) in [6.07, 6.45) is 0. The number of aromatic amines is 1. The fourth-order valence-corrected chi connectivity index (χ4v) is 2.81. The number of benzene rings is 1. The number of nitrogens with zero attached hydrogens (tertiary/aromatic N) is 3. The van der Waals surface area contributed by atoms with Crippen LogP contribution in [0.1, 0.15) is 45.1 Å². The number of aromatic nitrogens is 3. The van der Waals surface area contributed by atoms with Gasteiger partial charge in [-0.05, 0) is 12.5 Å². The van der Waals surface area contributed by atoms with E-state index >= 15 is 0 Å². The summed E-state index contributed by atoms with van der Waals surface area (Å²) in [4.78, 5) is 7.08. The van der Waals surface area contributed by atoms with Crippen molar-refractivity contribution in [2.45, 2.75) is 39.2 Å². The topological polar surface area (TPSA) is 54.0 Å². The Labute approximate surface area is 138 Å². The molecule has 0 spiro atoms.